The van der Waals surface area contributed by atoms with E-state index in [1.54, 1.807) is 24.3 Å². The van der Waals surface area contributed by atoms with Crippen LogP contribution in [-0.4, -0.2) is 18.0 Å². The molecule has 0 spiro atoms. The fourth-order valence-corrected chi connectivity index (χ4v) is 2.22. The highest BCUT2D eigenvalue weighted by Crippen LogP contribution is 2.20. The number of amides is 1. The van der Waals surface area contributed by atoms with Gasteiger partial charge in [-0.1, -0.05) is 27.5 Å². The normalized spacial score (nSPS) is 11.6. The van der Waals surface area contributed by atoms with Crippen molar-refractivity contribution in [3.8, 4) is 0 Å². The quantitative estimate of drug-likeness (QED) is 0.606. The minimum atomic E-state index is -0.971. The van der Waals surface area contributed by atoms with Gasteiger partial charge in [0.1, 0.15) is 0 Å². The molecule has 0 heterocycles. The van der Waals surface area contributed by atoms with Gasteiger partial charge in [0.05, 0.1) is 5.56 Å². The third-order valence-electron chi connectivity index (χ3n) is 3.00. The Labute approximate surface area is 146 Å². The average molecular weight is 398 g/mol. The minimum absolute atomic E-state index is 0.165. The first-order valence-corrected chi connectivity index (χ1v) is 7.86. The van der Waals surface area contributed by atoms with Crippen molar-refractivity contribution < 1.29 is 14.3 Å². The van der Waals surface area contributed by atoms with Crippen molar-refractivity contribution in [2.75, 3.05) is 11.1 Å². The maximum Gasteiger partial charge on any atom is 0.341 e. The number of ether oxygens (including phenoxy) is 1. The van der Waals surface area contributed by atoms with E-state index >= 15 is 0 Å². The Morgan fingerprint density at radius 2 is 1.87 bits per heavy atom. The Bertz CT molecular complexity index is 735. The van der Waals surface area contributed by atoms with Crippen LogP contribution in [0.2, 0.25) is 5.02 Å². The van der Waals surface area contributed by atoms with Gasteiger partial charge in [-0.05, 0) is 49.4 Å². The molecule has 0 aromatic heterocycles. The fraction of sp³-hybridized carbons (Fsp3) is 0.125. The highest BCUT2D eigenvalue weighted by Gasteiger charge is 2.20. The first-order valence-electron chi connectivity index (χ1n) is 6.69. The van der Waals surface area contributed by atoms with Crippen LogP contribution in [0.3, 0.4) is 0 Å². The number of nitrogens with one attached hydrogen (secondary N) is 1. The summed E-state index contributed by atoms with van der Waals surface area (Å²) in [5.41, 5.74) is 6.69. The molecule has 0 aliphatic heterocycles. The topological polar surface area (TPSA) is 81.4 Å². The molecule has 0 bridgehead atoms. The standard InChI is InChI=1S/C16H14BrClN2O3/c1-9(15(21)20-12-5-2-10(17)3-6-12)23-16(22)13-7-4-11(18)8-14(13)19/h2-9H,19H2,1H3,(H,20,21)/t9-/m0/s1. The van der Waals surface area contributed by atoms with Crippen molar-refractivity contribution in [1.82, 2.24) is 0 Å². The van der Waals surface area contributed by atoms with E-state index in [1.165, 1.54) is 25.1 Å². The van der Waals surface area contributed by atoms with Crippen LogP contribution in [0.1, 0.15) is 17.3 Å². The number of carbonyl (C=O) groups is 2. The zero-order valence-corrected chi connectivity index (χ0v) is 14.5. The first-order chi connectivity index (χ1) is 10.9. The van der Waals surface area contributed by atoms with Crippen molar-refractivity contribution in [1.29, 1.82) is 0 Å². The lowest BCUT2D eigenvalue weighted by atomic mass is 10.2. The second-order valence-electron chi connectivity index (χ2n) is 4.78. The monoisotopic (exact) mass is 396 g/mol. The predicted octanol–water partition coefficient (Wildman–Crippen LogP) is 3.87. The van der Waals surface area contributed by atoms with Crippen molar-refractivity contribution in [3.63, 3.8) is 0 Å². The molecule has 1 amide bonds. The minimum Gasteiger partial charge on any atom is -0.449 e. The first kappa shape index (κ1) is 17.3. The Morgan fingerprint density at radius 3 is 2.48 bits per heavy atom. The van der Waals surface area contributed by atoms with Gasteiger partial charge in [-0.15, -0.1) is 0 Å². The van der Waals surface area contributed by atoms with E-state index in [2.05, 4.69) is 21.2 Å². The van der Waals surface area contributed by atoms with Crippen LogP contribution < -0.4 is 11.1 Å². The maximum atomic E-state index is 12.1. The lowest BCUT2D eigenvalue weighted by molar-refractivity contribution is -0.123. The van der Waals surface area contributed by atoms with Gasteiger partial charge < -0.3 is 15.8 Å². The highest BCUT2D eigenvalue weighted by atomic mass is 79.9. The lowest BCUT2D eigenvalue weighted by Crippen LogP contribution is -2.30. The molecule has 7 heteroatoms. The zero-order chi connectivity index (χ0) is 17.0. The second-order valence-corrected chi connectivity index (χ2v) is 6.13. The number of anilines is 2. The van der Waals surface area contributed by atoms with E-state index < -0.39 is 18.0 Å². The predicted molar refractivity (Wildman–Crippen MR) is 93.5 cm³/mol. The van der Waals surface area contributed by atoms with Gasteiger partial charge in [-0.25, -0.2) is 4.79 Å². The van der Waals surface area contributed by atoms with Crippen molar-refractivity contribution >= 4 is 50.8 Å². The Balaban J connectivity index is 2.00. The Morgan fingerprint density at radius 1 is 1.22 bits per heavy atom. The summed E-state index contributed by atoms with van der Waals surface area (Å²) in [6.07, 6.45) is -0.971. The summed E-state index contributed by atoms with van der Waals surface area (Å²) < 4.78 is 6.03. The van der Waals surface area contributed by atoms with Crippen molar-refractivity contribution in [2.24, 2.45) is 0 Å². The van der Waals surface area contributed by atoms with Crippen molar-refractivity contribution in [2.45, 2.75) is 13.0 Å². The van der Waals surface area contributed by atoms with E-state index in [9.17, 15) is 9.59 Å². The number of hydrogen-bond acceptors (Lipinski definition) is 4. The van der Waals surface area contributed by atoms with Crippen LogP contribution in [0, 0.1) is 0 Å². The summed E-state index contributed by atoms with van der Waals surface area (Å²) in [7, 11) is 0. The zero-order valence-electron chi connectivity index (χ0n) is 12.2. The molecule has 23 heavy (non-hydrogen) atoms. The molecule has 0 aliphatic carbocycles. The molecule has 0 unspecified atom stereocenters. The van der Waals surface area contributed by atoms with E-state index in [1.807, 2.05) is 0 Å². The van der Waals surface area contributed by atoms with Crippen LogP contribution in [0.15, 0.2) is 46.9 Å². The molecule has 0 saturated carbocycles. The molecule has 0 radical (unpaired) electrons. The summed E-state index contributed by atoms with van der Waals surface area (Å²) in [5, 5.41) is 3.08. The molecule has 0 aliphatic rings. The molecule has 5 nitrogen and oxygen atoms in total. The van der Waals surface area contributed by atoms with Gasteiger partial charge >= 0.3 is 5.97 Å². The van der Waals surface area contributed by atoms with Gasteiger partial charge in [-0.2, -0.15) is 0 Å². The lowest BCUT2D eigenvalue weighted by Gasteiger charge is -2.14. The summed E-state index contributed by atoms with van der Waals surface area (Å²) in [6.45, 7) is 1.48. The number of esters is 1. The molecule has 2 aromatic carbocycles. The second kappa shape index (κ2) is 7.48. The van der Waals surface area contributed by atoms with Crippen LogP contribution in [0.25, 0.3) is 0 Å². The molecule has 2 aromatic rings. The van der Waals surface area contributed by atoms with Crippen molar-refractivity contribution in [3.05, 3.63) is 57.5 Å². The fourth-order valence-electron chi connectivity index (χ4n) is 1.77. The molecule has 1 atom stereocenters. The number of carbonyl (C=O) groups excluding carboxylic acids is 2. The molecule has 0 fully saturated rings. The SMILES string of the molecule is C[C@H](OC(=O)c1ccc(Cl)cc1N)C(=O)Nc1ccc(Br)cc1. The molecule has 2 rings (SSSR count). The smallest absolute Gasteiger partial charge is 0.341 e. The number of nitrogen functional groups attached to an aromatic ring is 1. The largest absolute Gasteiger partial charge is 0.449 e. The van der Waals surface area contributed by atoms with Gasteiger partial charge in [0.15, 0.2) is 6.10 Å². The number of nitrogens with two attached hydrogens (primary N) is 1. The van der Waals surface area contributed by atoms with Crippen LogP contribution in [-0.2, 0) is 9.53 Å². The molecular formula is C16H14BrClN2O3. The number of halogens is 2. The average Bonchev–Trinajstić information content (AvgIpc) is 2.49. The maximum absolute atomic E-state index is 12.1. The number of rotatable bonds is 4. The molecule has 0 saturated heterocycles. The Kier molecular flexibility index (Phi) is 5.63. The van der Waals surface area contributed by atoms with Crippen LogP contribution in [0.5, 0.6) is 0 Å². The number of benzene rings is 2. The molecule has 120 valence electrons. The number of hydrogen-bond donors (Lipinski definition) is 2. The van der Waals surface area contributed by atoms with E-state index in [-0.39, 0.29) is 11.3 Å². The Hall–Kier alpha value is -2.05. The summed E-state index contributed by atoms with van der Waals surface area (Å²) in [5.74, 6) is -1.12. The van der Waals surface area contributed by atoms with Gasteiger partial charge in [-0.3, -0.25) is 4.79 Å². The van der Waals surface area contributed by atoms with E-state index in [0.717, 1.165) is 4.47 Å². The van der Waals surface area contributed by atoms with Crippen LogP contribution >= 0.6 is 27.5 Å². The highest BCUT2D eigenvalue weighted by molar-refractivity contribution is 9.10. The van der Waals surface area contributed by atoms with E-state index in [4.69, 9.17) is 22.1 Å². The van der Waals surface area contributed by atoms with Gasteiger partial charge in [0, 0.05) is 20.9 Å². The third-order valence-corrected chi connectivity index (χ3v) is 3.76. The van der Waals surface area contributed by atoms with Crippen LogP contribution in [0.4, 0.5) is 11.4 Å². The van der Waals surface area contributed by atoms with Gasteiger partial charge in [0.25, 0.3) is 5.91 Å². The summed E-state index contributed by atoms with van der Waals surface area (Å²) in [4.78, 5) is 24.1. The summed E-state index contributed by atoms with van der Waals surface area (Å²) in [6, 6.07) is 11.5. The third kappa shape index (κ3) is 4.71. The molecule has 3 N–H and O–H groups in total. The summed E-state index contributed by atoms with van der Waals surface area (Å²) >= 11 is 9.09. The van der Waals surface area contributed by atoms with E-state index in [0.29, 0.717) is 10.7 Å². The molecular weight excluding hydrogens is 384 g/mol. The van der Waals surface area contributed by atoms with Gasteiger partial charge in [0.2, 0.25) is 0 Å².